The molecule has 4 heteroatoms. The number of nitrogens with zero attached hydrogens (tertiary/aromatic N) is 1. The second kappa shape index (κ2) is 7.09. The Balaban J connectivity index is 1.68. The molecule has 1 aliphatic heterocycles. The predicted octanol–water partition coefficient (Wildman–Crippen LogP) is 3.82. The summed E-state index contributed by atoms with van der Waals surface area (Å²) in [6.07, 6.45) is 1.13. The number of ether oxygens (including phenoxy) is 1. The average Bonchev–Trinajstić information content (AvgIpc) is 3.00. The largest absolute Gasteiger partial charge is 0.426 e. The van der Waals surface area contributed by atoms with E-state index in [-0.39, 0.29) is 18.3 Å². The lowest BCUT2D eigenvalue weighted by Crippen LogP contribution is -2.27. The van der Waals surface area contributed by atoms with Gasteiger partial charge >= 0.3 is 5.97 Å². The fourth-order valence-corrected chi connectivity index (χ4v) is 3.00. The molecule has 0 spiro atoms. The topological polar surface area (TPSA) is 46.6 Å². The number of hydrogen-bond donors (Lipinski definition) is 0. The highest BCUT2D eigenvalue weighted by atomic mass is 16.5. The fourth-order valence-electron chi connectivity index (χ4n) is 3.00. The summed E-state index contributed by atoms with van der Waals surface area (Å²) in [5.74, 6) is -0.283. The molecule has 2 aromatic carbocycles. The first-order chi connectivity index (χ1) is 12.0. The van der Waals surface area contributed by atoms with E-state index >= 15 is 0 Å². The molecule has 2 aromatic rings. The lowest BCUT2D eigenvalue weighted by atomic mass is 10.1. The van der Waals surface area contributed by atoms with Gasteiger partial charge in [-0.3, -0.25) is 9.59 Å². The third kappa shape index (κ3) is 3.73. The molecular formula is C21H23NO3. The minimum atomic E-state index is -0.431. The first kappa shape index (κ1) is 17.2. The SMILES string of the molecule is CCc1ccc(OC(=O)[C@H]2CC(=O)N(c3ccc(C)c(C)c3)C2)cc1. The predicted molar refractivity (Wildman–Crippen MR) is 97.8 cm³/mol. The lowest BCUT2D eigenvalue weighted by molar-refractivity contribution is -0.139. The van der Waals surface area contributed by atoms with Crippen LogP contribution in [0.2, 0.25) is 0 Å². The number of hydrogen-bond acceptors (Lipinski definition) is 3. The van der Waals surface area contributed by atoms with Crippen LogP contribution in [-0.2, 0) is 16.0 Å². The smallest absolute Gasteiger partial charge is 0.316 e. The number of rotatable bonds is 4. The Bertz CT molecular complexity index is 795. The van der Waals surface area contributed by atoms with E-state index in [1.165, 1.54) is 11.1 Å². The molecule has 0 aromatic heterocycles. The van der Waals surface area contributed by atoms with Gasteiger partial charge in [0.05, 0.1) is 5.92 Å². The molecule has 0 bridgehead atoms. The van der Waals surface area contributed by atoms with Crippen LogP contribution >= 0.6 is 0 Å². The van der Waals surface area contributed by atoms with Gasteiger partial charge < -0.3 is 9.64 Å². The van der Waals surface area contributed by atoms with E-state index in [1.54, 1.807) is 17.0 Å². The third-order valence-electron chi connectivity index (χ3n) is 4.81. The number of anilines is 1. The molecule has 25 heavy (non-hydrogen) atoms. The van der Waals surface area contributed by atoms with E-state index in [2.05, 4.69) is 6.92 Å². The Hall–Kier alpha value is -2.62. The van der Waals surface area contributed by atoms with Crippen LogP contribution < -0.4 is 9.64 Å². The van der Waals surface area contributed by atoms with Gasteiger partial charge in [-0.2, -0.15) is 0 Å². The van der Waals surface area contributed by atoms with Crippen LogP contribution in [-0.4, -0.2) is 18.4 Å². The molecular weight excluding hydrogens is 314 g/mol. The molecule has 3 rings (SSSR count). The summed E-state index contributed by atoms with van der Waals surface area (Å²) >= 11 is 0. The molecule has 0 N–H and O–H groups in total. The van der Waals surface area contributed by atoms with Gasteiger partial charge in [0, 0.05) is 18.7 Å². The molecule has 0 radical (unpaired) electrons. The van der Waals surface area contributed by atoms with Gasteiger partial charge in [0.2, 0.25) is 5.91 Å². The second-order valence-corrected chi connectivity index (χ2v) is 6.59. The molecule has 0 unspecified atom stereocenters. The molecule has 1 heterocycles. The van der Waals surface area contributed by atoms with Gasteiger partial charge in [0.25, 0.3) is 0 Å². The average molecular weight is 337 g/mol. The lowest BCUT2D eigenvalue weighted by Gasteiger charge is -2.17. The minimum Gasteiger partial charge on any atom is -0.426 e. The van der Waals surface area contributed by atoms with Crippen molar-refractivity contribution in [3.63, 3.8) is 0 Å². The molecule has 1 aliphatic rings. The highest BCUT2D eigenvalue weighted by molar-refractivity contribution is 5.99. The van der Waals surface area contributed by atoms with E-state index in [4.69, 9.17) is 4.74 Å². The van der Waals surface area contributed by atoms with Crippen LogP contribution in [0.25, 0.3) is 0 Å². The molecule has 4 nitrogen and oxygen atoms in total. The van der Waals surface area contributed by atoms with Crippen LogP contribution in [0.3, 0.4) is 0 Å². The minimum absolute atomic E-state index is 0.0356. The van der Waals surface area contributed by atoms with Crippen molar-refractivity contribution in [3.8, 4) is 5.75 Å². The number of aryl methyl sites for hydroxylation is 3. The Labute approximate surface area is 148 Å². The summed E-state index contributed by atoms with van der Waals surface area (Å²) in [4.78, 5) is 26.4. The fraction of sp³-hybridized carbons (Fsp3) is 0.333. The van der Waals surface area contributed by atoms with Gasteiger partial charge in [-0.1, -0.05) is 25.1 Å². The summed E-state index contributed by atoms with van der Waals surface area (Å²) in [6, 6.07) is 13.4. The van der Waals surface area contributed by atoms with E-state index in [0.29, 0.717) is 12.3 Å². The van der Waals surface area contributed by atoms with Crippen LogP contribution in [0.5, 0.6) is 5.75 Å². The van der Waals surface area contributed by atoms with Crippen LogP contribution in [0.4, 0.5) is 5.69 Å². The Morgan fingerprint density at radius 1 is 1.12 bits per heavy atom. The number of esters is 1. The maximum atomic E-state index is 12.4. The van der Waals surface area contributed by atoms with E-state index in [1.807, 2.05) is 44.2 Å². The van der Waals surface area contributed by atoms with Gasteiger partial charge in [-0.25, -0.2) is 0 Å². The maximum Gasteiger partial charge on any atom is 0.316 e. The molecule has 1 fully saturated rings. The van der Waals surface area contributed by atoms with Crippen molar-refractivity contribution in [2.24, 2.45) is 5.92 Å². The quantitative estimate of drug-likeness (QED) is 0.629. The first-order valence-corrected chi connectivity index (χ1v) is 8.66. The normalized spacial score (nSPS) is 17.0. The molecule has 130 valence electrons. The monoisotopic (exact) mass is 337 g/mol. The van der Waals surface area contributed by atoms with Crippen molar-refractivity contribution in [3.05, 3.63) is 59.2 Å². The molecule has 1 amide bonds. The zero-order chi connectivity index (χ0) is 18.0. The van der Waals surface area contributed by atoms with Crippen molar-refractivity contribution in [2.45, 2.75) is 33.6 Å². The first-order valence-electron chi connectivity index (χ1n) is 8.66. The highest BCUT2D eigenvalue weighted by Gasteiger charge is 2.36. The standard InChI is InChI=1S/C21H23NO3/c1-4-16-6-9-19(10-7-16)25-21(24)17-12-20(23)22(13-17)18-8-5-14(2)15(3)11-18/h5-11,17H,4,12-13H2,1-3H3/t17-/m0/s1. The Kier molecular flexibility index (Phi) is 4.88. The second-order valence-electron chi connectivity index (χ2n) is 6.59. The molecule has 0 aliphatic carbocycles. The summed E-state index contributed by atoms with van der Waals surface area (Å²) < 4.78 is 5.46. The number of carbonyl (C=O) groups is 2. The summed E-state index contributed by atoms with van der Waals surface area (Å²) in [6.45, 7) is 6.50. The zero-order valence-electron chi connectivity index (χ0n) is 14.9. The maximum absolute atomic E-state index is 12.4. The van der Waals surface area contributed by atoms with E-state index < -0.39 is 5.92 Å². The third-order valence-corrected chi connectivity index (χ3v) is 4.81. The van der Waals surface area contributed by atoms with Gasteiger partial charge in [0.15, 0.2) is 0 Å². The molecule has 0 saturated carbocycles. The van der Waals surface area contributed by atoms with Gasteiger partial charge in [-0.05, 0) is 61.2 Å². The zero-order valence-corrected chi connectivity index (χ0v) is 14.9. The van der Waals surface area contributed by atoms with E-state index in [0.717, 1.165) is 17.7 Å². The van der Waals surface area contributed by atoms with Crippen LogP contribution in [0.15, 0.2) is 42.5 Å². The summed E-state index contributed by atoms with van der Waals surface area (Å²) in [7, 11) is 0. The highest BCUT2D eigenvalue weighted by Crippen LogP contribution is 2.28. The summed E-state index contributed by atoms with van der Waals surface area (Å²) in [5.41, 5.74) is 4.35. The number of amides is 1. The number of benzene rings is 2. The van der Waals surface area contributed by atoms with Crippen LogP contribution in [0, 0.1) is 19.8 Å². The van der Waals surface area contributed by atoms with Crippen molar-refractivity contribution in [2.75, 3.05) is 11.4 Å². The molecule has 1 saturated heterocycles. The van der Waals surface area contributed by atoms with Gasteiger partial charge in [0.1, 0.15) is 5.75 Å². The van der Waals surface area contributed by atoms with Crippen molar-refractivity contribution < 1.29 is 14.3 Å². The molecule has 1 atom stereocenters. The summed E-state index contributed by atoms with van der Waals surface area (Å²) in [5, 5.41) is 0. The van der Waals surface area contributed by atoms with Crippen molar-refractivity contribution >= 4 is 17.6 Å². The van der Waals surface area contributed by atoms with Gasteiger partial charge in [-0.15, -0.1) is 0 Å². The Morgan fingerprint density at radius 2 is 1.84 bits per heavy atom. The van der Waals surface area contributed by atoms with Crippen LogP contribution in [0.1, 0.15) is 30.0 Å². The van der Waals surface area contributed by atoms with E-state index in [9.17, 15) is 9.59 Å². The van der Waals surface area contributed by atoms with Crippen molar-refractivity contribution in [1.29, 1.82) is 0 Å². The van der Waals surface area contributed by atoms with Crippen molar-refractivity contribution in [1.82, 2.24) is 0 Å². The Morgan fingerprint density at radius 3 is 2.48 bits per heavy atom. The number of carbonyl (C=O) groups excluding carboxylic acids is 2.